The summed E-state index contributed by atoms with van der Waals surface area (Å²) in [6.45, 7) is 4.20. The van der Waals surface area contributed by atoms with Crippen LogP contribution in [0.1, 0.15) is 46.0 Å². The van der Waals surface area contributed by atoms with Gasteiger partial charge >= 0.3 is 0 Å². The zero-order valence-electron chi connectivity index (χ0n) is 8.71. The third-order valence-corrected chi connectivity index (χ3v) is 3.17. The minimum Gasteiger partial charge on any atom is -0.198 e. The van der Waals surface area contributed by atoms with E-state index in [0.29, 0.717) is 0 Å². The first-order valence-corrected chi connectivity index (χ1v) is 5.26. The summed E-state index contributed by atoms with van der Waals surface area (Å²) in [7, 11) is 0. The van der Waals surface area contributed by atoms with Gasteiger partial charge < -0.3 is 0 Å². The molecule has 0 N–H and O–H groups in total. The minimum atomic E-state index is -0.0875. The van der Waals surface area contributed by atoms with E-state index < -0.39 is 0 Å². The molecule has 0 aromatic heterocycles. The van der Waals surface area contributed by atoms with Crippen LogP contribution in [-0.4, -0.2) is 0 Å². The Morgan fingerprint density at radius 2 is 2.31 bits per heavy atom. The van der Waals surface area contributed by atoms with Crippen LogP contribution in [0.3, 0.4) is 0 Å². The van der Waals surface area contributed by atoms with Crippen molar-refractivity contribution in [1.29, 1.82) is 5.26 Å². The van der Waals surface area contributed by atoms with E-state index in [4.69, 9.17) is 5.26 Å². The number of allylic oxidation sites excluding steroid dienone is 2. The molecule has 0 amide bonds. The molecule has 0 bridgehead atoms. The van der Waals surface area contributed by atoms with Crippen LogP contribution in [0.15, 0.2) is 12.2 Å². The highest BCUT2D eigenvalue weighted by Gasteiger charge is 2.25. The van der Waals surface area contributed by atoms with E-state index in [0.717, 1.165) is 18.8 Å². The van der Waals surface area contributed by atoms with Gasteiger partial charge in [-0.05, 0) is 44.9 Å². The van der Waals surface area contributed by atoms with Crippen molar-refractivity contribution >= 4 is 0 Å². The molecule has 0 radical (unpaired) electrons. The number of nitriles is 1. The van der Waals surface area contributed by atoms with Crippen LogP contribution < -0.4 is 0 Å². The molecule has 1 heteroatoms. The standard InChI is InChI=1S/C12H19N/c1-3-12(2,10-13)9-11-7-5-4-6-8-11/h4-5,11H,3,6-9H2,1-2H3. The molecule has 2 atom stereocenters. The Morgan fingerprint density at radius 1 is 1.54 bits per heavy atom. The van der Waals surface area contributed by atoms with Gasteiger partial charge in [0.15, 0.2) is 0 Å². The fourth-order valence-corrected chi connectivity index (χ4v) is 1.95. The zero-order valence-corrected chi connectivity index (χ0v) is 8.71. The lowest BCUT2D eigenvalue weighted by Crippen LogP contribution is -2.18. The van der Waals surface area contributed by atoms with Crippen molar-refractivity contribution in [2.75, 3.05) is 0 Å². The predicted octanol–water partition coefficient (Wildman–Crippen LogP) is 3.67. The molecule has 0 aliphatic heterocycles. The third-order valence-electron chi connectivity index (χ3n) is 3.17. The Bertz CT molecular complexity index is 224. The fourth-order valence-electron chi connectivity index (χ4n) is 1.95. The maximum absolute atomic E-state index is 9.05. The van der Waals surface area contributed by atoms with Crippen LogP contribution >= 0.6 is 0 Å². The van der Waals surface area contributed by atoms with Gasteiger partial charge in [-0.15, -0.1) is 0 Å². The van der Waals surface area contributed by atoms with Crippen molar-refractivity contribution in [1.82, 2.24) is 0 Å². The van der Waals surface area contributed by atoms with Gasteiger partial charge in [-0.2, -0.15) is 5.26 Å². The van der Waals surface area contributed by atoms with Gasteiger partial charge in [0.25, 0.3) is 0 Å². The Labute approximate surface area is 81.5 Å². The summed E-state index contributed by atoms with van der Waals surface area (Å²) >= 11 is 0. The molecule has 1 aliphatic rings. The monoisotopic (exact) mass is 177 g/mol. The van der Waals surface area contributed by atoms with E-state index in [9.17, 15) is 0 Å². The molecular formula is C12H19N. The van der Waals surface area contributed by atoms with Crippen LogP contribution in [0, 0.1) is 22.7 Å². The molecule has 0 saturated heterocycles. The van der Waals surface area contributed by atoms with Crippen molar-refractivity contribution in [3.8, 4) is 6.07 Å². The topological polar surface area (TPSA) is 23.8 Å². The molecule has 0 heterocycles. The average Bonchev–Trinajstić information content (AvgIpc) is 2.19. The summed E-state index contributed by atoms with van der Waals surface area (Å²) in [5.41, 5.74) is -0.0875. The molecule has 0 aromatic rings. The lowest BCUT2D eigenvalue weighted by atomic mass is 9.76. The molecule has 1 aliphatic carbocycles. The number of hydrogen-bond donors (Lipinski definition) is 0. The van der Waals surface area contributed by atoms with Crippen LogP contribution in [0.5, 0.6) is 0 Å². The second kappa shape index (κ2) is 4.46. The van der Waals surface area contributed by atoms with Crippen LogP contribution in [0.2, 0.25) is 0 Å². The van der Waals surface area contributed by atoms with Crippen LogP contribution in [0.25, 0.3) is 0 Å². The van der Waals surface area contributed by atoms with Gasteiger partial charge in [0, 0.05) is 0 Å². The lowest BCUT2D eigenvalue weighted by molar-refractivity contribution is 0.291. The van der Waals surface area contributed by atoms with Crippen molar-refractivity contribution in [2.24, 2.45) is 11.3 Å². The van der Waals surface area contributed by atoms with Crippen LogP contribution in [-0.2, 0) is 0 Å². The van der Waals surface area contributed by atoms with E-state index in [1.807, 2.05) is 0 Å². The lowest BCUT2D eigenvalue weighted by Gasteiger charge is -2.26. The quantitative estimate of drug-likeness (QED) is 0.603. The maximum Gasteiger partial charge on any atom is 0.0686 e. The Hall–Kier alpha value is -0.770. The first kappa shape index (κ1) is 10.3. The zero-order chi connectivity index (χ0) is 9.73. The second-order valence-corrected chi connectivity index (χ2v) is 4.38. The highest BCUT2D eigenvalue weighted by Crippen LogP contribution is 2.34. The number of rotatable bonds is 3. The summed E-state index contributed by atoms with van der Waals surface area (Å²) < 4.78 is 0. The van der Waals surface area contributed by atoms with Gasteiger partial charge in [0.1, 0.15) is 0 Å². The molecule has 0 fully saturated rings. The van der Waals surface area contributed by atoms with E-state index in [1.165, 1.54) is 19.3 Å². The molecule has 0 spiro atoms. The van der Waals surface area contributed by atoms with Gasteiger partial charge in [0.2, 0.25) is 0 Å². The van der Waals surface area contributed by atoms with E-state index in [-0.39, 0.29) is 5.41 Å². The number of hydrogen-bond acceptors (Lipinski definition) is 1. The van der Waals surface area contributed by atoms with E-state index in [2.05, 4.69) is 32.1 Å². The Balaban J connectivity index is 2.47. The predicted molar refractivity (Wildman–Crippen MR) is 55.1 cm³/mol. The molecule has 2 unspecified atom stereocenters. The first-order valence-electron chi connectivity index (χ1n) is 5.26. The highest BCUT2D eigenvalue weighted by molar-refractivity contribution is 4.99. The SMILES string of the molecule is CCC(C)(C#N)CC1CC=CCC1. The van der Waals surface area contributed by atoms with Gasteiger partial charge in [0.05, 0.1) is 11.5 Å². The molecular weight excluding hydrogens is 158 g/mol. The minimum absolute atomic E-state index is 0.0875. The van der Waals surface area contributed by atoms with Crippen molar-refractivity contribution in [3.05, 3.63) is 12.2 Å². The smallest absolute Gasteiger partial charge is 0.0686 e. The van der Waals surface area contributed by atoms with Gasteiger partial charge in [-0.3, -0.25) is 0 Å². The van der Waals surface area contributed by atoms with Gasteiger partial charge in [-0.25, -0.2) is 0 Å². The highest BCUT2D eigenvalue weighted by atomic mass is 14.4. The summed E-state index contributed by atoms with van der Waals surface area (Å²) in [6.07, 6.45) is 10.2. The normalized spacial score (nSPS) is 26.4. The van der Waals surface area contributed by atoms with E-state index in [1.54, 1.807) is 0 Å². The second-order valence-electron chi connectivity index (χ2n) is 4.38. The molecule has 0 saturated carbocycles. The summed E-state index contributed by atoms with van der Waals surface area (Å²) in [6, 6.07) is 2.45. The molecule has 13 heavy (non-hydrogen) atoms. The molecule has 0 aromatic carbocycles. The largest absolute Gasteiger partial charge is 0.198 e. The fraction of sp³-hybridized carbons (Fsp3) is 0.750. The molecule has 1 nitrogen and oxygen atoms in total. The first-order chi connectivity index (χ1) is 6.20. The van der Waals surface area contributed by atoms with Gasteiger partial charge in [-0.1, -0.05) is 19.1 Å². The maximum atomic E-state index is 9.05. The Kier molecular flexibility index (Phi) is 3.54. The summed E-state index contributed by atoms with van der Waals surface area (Å²) in [5, 5.41) is 9.05. The van der Waals surface area contributed by atoms with Crippen LogP contribution in [0.4, 0.5) is 0 Å². The van der Waals surface area contributed by atoms with Crippen molar-refractivity contribution < 1.29 is 0 Å². The van der Waals surface area contributed by atoms with Crippen molar-refractivity contribution in [3.63, 3.8) is 0 Å². The van der Waals surface area contributed by atoms with E-state index >= 15 is 0 Å². The third kappa shape index (κ3) is 2.88. The summed E-state index contributed by atoms with van der Waals surface area (Å²) in [5.74, 6) is 0.745. The van der Waals surface area contributed by atoms with Crippen molar-refractivity contribution in [2.45, 2.75) is 46.0 Å². The summed E-state index contributed by atoms with van der Waals surface area (Å²) in [4.78, 5) is 0. The molecule has 1 rings (SSSR count). The number of nitrogens with zero attached hydrogens (tertiary/aromatic N) is 1. The molecule has 72 valence electrons. The Morgan fingerprint density at radius 3 is 2.77 bits per heavy atom. The average molecular weight is 177 g/mol.